The van der Waals surface area contributed by atoms with Crippen LogP contribution in [-0.4, -0.2) is 19.1 Å². The first-order valence-corrected chi connectivity index (χ1v) is 8.81. The van der Waals surface area contributed by atoms with Gasteiger partial charge in [-0.05, 0) is 58.1 Å². The molecule has 0 radical (unpaired) electrons. The minimum absolute atomic E-state index is 0.0314. The van der Waals surface area contributed by atoms with Gasteiger partial charge >= 0.3 is 0 Å². The van der Waals surface area contributed by atoms with Crippen LogP contribution in [0, 0.1) is 0 Å². The zero-order valence-electron chi connectivity index (χ0n) is 13.8. The molecule has 0 spiro atoms. The number of rotatable bonds is 4. The molecule has 0 saturated heterocycles. The van der Waals surface area contributed by atoms with Crippen molar-refractivity contribution < 1.29 is 9.53 Å². The van der Waals surface area contributed by atoms with Gasteiger partial charge in [0.05, 0.1) is 23.7 Å². The minimum atomic E-state index is -0.191. The zero-order chi connectivity index (χ0) is 17.1. The minimum Gasteiger partial charge on any atom is -0.496 e. The molecular weight excluding hydrogens is 368 g/mol. The van der Waals surface area contributed by atoms with Crippen molar-refractivity contribution in [1.82, 2.24) is 10.6 Å². The molecule has 2 aromatic carbocycles. The predicted molar refractivity (Wildman–Crippen MR) is 98.0 cm³/mol. The summed E-state index contributed by atoms with van der Waals surface area (Å²) in [5.74, 6) is 0.812. The fourth-order valence-electron chi connectivity index (χ4n) is 2.99. The van der Waals surface area contributed by atoms with Crippen LogP contribution in [-0.2, 0) is 17.8 Å². The molecule has 2 N–H and O–H groups in total. The molecule has 0 aromatic heterocycles. The molecule has 2 atom stereocenters. The average molecular weight is 389 g/mol. The third-order valence-corrected chi connectivity index (χ3v) is 5.05. The second kappa shape index (κ2) is 7.36. The van der Waals surface area contributed by atoms with Gasteiger partial charge in [0.2, 0.25) is 5.91 Å². The first-order valence-electron chi connectivity index (χ1n) is 8.02. The predicted octanol–water partition coefficient (Wildman–Crippen LogP) is 3.35. The number of methoxy groups -OCH3 is 1. The molecule has 5 heteroatoms. The van der Waals surface area contributed by atoms with Gasteiger partial charge in [0, 0.05) is 6.54 Å². The second-order valence-corrected chi connectivity index (χ2v) is 6.88. The molecule has 0 bridgehead atoms. The van der Waals surface area contributed by atoms with Crippen LogP contribution < -0.4 is 15.4 Å². The molecule has 0 fully saturated rings. The van der Waals surface area contributed by atoms with Crippen molar-refractivity contribution in [2.24, 2.45) is 0 Å². The summed E-state index contributed by atoms with van der Waals surface area (Å²) in [6, 6.07) is 13.8. The van der Waals surface area contributed by atoms with Crippen LogP contribution in [0.2, 0.25) is 0 Å². The number of carbonyl (C=O) groups is 1. The number of hydrogen-bond acceptors (Lipinski definition) is 3. The van der Waals surface area contributed by atoms with Crippen molar-refractivity contribution in [1.29, 1.82) is 0 Å². The highest BCUT2D eigenvalue weighted by atomic mass is 79.9. The van der Waals surface area contributed by atoms with Crippen LogP contribution >= 0.6 is 15.9 Å². The van der Waals surface area contributed by atoms with Gasteiger partial charge in [-0.25, -0.2) is 0 Å². The van der Waals surface area contributed by atoms with Gasteiger partial charge in [-0.1, -0.05) is 30.3 Å². The molecule has 1 aliphatic heterocycles. The van der Waals surface area contributed by atoms with E-state index in [1.807, 2.05) is 37.3 Å². The van der Waals surface area contributed by atoms with E-state index < -0.39 is 0 Å². The Bertz CT molecular complexity index is 748. The lowest BCUT2D eigenvalue weighted by Crippen LogP contribution is -2.48. The van der Waals surface area contributed by atoms with E-state index in [2.05, 4.69) is 38.7 Å². The lowest BCUT2D eigenvalue weighted by atomic mass is 9.95. The first-order chi connectivity index (χ1) is 11.6. The van der Waals surface area contributed by atoms with Crippen LogP contribution in [0.15, 0.2) is 46.9 Å². The summed E-state index contributed by atoms with van der Waals surface area (Å²) >= 11 is 3.49. The number of nitrogens with one attached hydrogen (secondary N) is 2. The Balaban J connectivity index is 1.65. The molecule has 1 amide bonds. The topological polar surface area (TPSA) is 50.4 Å². The van der Waals surface area contributed by atoms with E-state index in [0.717, 1.165) is 28.8 Å². The molecule has 4 nitrogen and oxygen atoms in total. The van der Waals surface area contributed by atoms with Crippen LogP contribution in [0.4, 0.5) is 0 Å². The number of amides is 1. The Morgan fingerprint density at radius 2 is 2.04 bits per heavy atom. The quantitative estimate of drug-likeness (QED) is 0.844. The monoisotopic (exact) mass is 388 g/mol. The number of ether oxygens (including phenoxy) is 1. The van der Waals surface area contributed by atoms with Crippen molar-refractivity contribution in [3.63, 3.8) is 0 Å². The molecule has 2 unspecified atom stereocenters. The number of carbonyl (C=O) groups excluding carboxylic acids is 1. The van der Waals surface area contributed by atoms with Crippen molar-refractivity contribution in [3.8, 4) is 5.75 Å². The number of halogens is 1. The van der Waals surface area contributed by atoms with Gasteiger partial charge in [-0.3, -0.25) is 4.79 Å². The Kier molecular flexibility index (Phi) is 5.21. The van der Waals surface area contributed by atoms with Gasteiger partial charge in [0.15, 0.2) is 0 Å². The lowest BCUT2D eigenvalue weighted by Gasteiger charge is -2.27. The van der Waals surface area contributed by atoms with Crippen LogP contribution in [0.3, 0.4) is 0 Å². The summed E-state index contributed by atoms with van der Waals surface area (Å²) in [7, 11) is 1.64. The zero-order valence-corrected chi connectivity index (χ0v) is 15.4. The maximum Gasteiger partial charge on any atom is 0.237 e. The normalized spacial score (nSPS) is 17.7. The molecule has 3 rings (SSSR count). The number of hydrogen-bond donors (Lipinski definition) is 2. The summed E-state index contributed by atoms with van der Waals surface area (Å²) in [6.45, 7) is 2.72. The van der Waals surface area contributed by atoms with E-state index in [1.165, 1.54) is 11.1 Å². The number of benzene rings is 2. The lowest BCUT2D eigenvalue weighted by molar-refractivity contribution is -0.124. The highest BCUT2D eigenvalue weighted by Crippen LogP contribution is 2.28. The van der Waals surface area contributed by atoms with E-state index in [9.17, 15) is 4.79 Å². The second-order valence-electron chi connectivity index (χ2n) is 6.03. The van der Waals surface area contributed by atoms with Gasteiger partial charge in [0.1, 0.15) is 5.75 Å². The van der Waals surface area contributed by atoms with Crippen molar-refractivity contribution in [2.75, 3.05) is 7.11 Å². The fourth-order valence-corrected chi connectivity index (χ4v) is 3.55. The summed E-state index contributed by atoms with van der Waals surface area (Å²) in [6.07, 6.45) is 0.723. The van der Waals surface area contributed by atoms with E-state index in [1.54, 1.807) is 7.11 Å². The first kappa shape index (κ1) is 17.0. The summed E-state index contributed by atoms with van der Waals surface area (Å²) in [5.41, 5.74) is 3.55. The molecule has 0 saturated carbocycles. The van der Waals surface area contributed by atoms with Gasteiger partial charge in [-0.15, -0.1) is 0 Å². The van der Waals surface area contributed by atoms with Gasteiger partial charge in [-0.2, -0.15) is 0 Å². The largest absolute Gasteiger partial charge is 0.496 e. The van der Waals surface area contributed by atoms with Crippen LogP contribution in [0.1, 0.15) is 29.7 Å². The molecule has 1 aliphatic rings. The number of fused-ring (bicyclic) bond motifs is 1. The SMILES string of the molecule is COc1ccc(C(C)NC(=O)C2Cc3ccccc3CN2)cc1Br. The van der Waals surface area contributed by atoms with Gasteiger partial charge in [0.25, 0.3) is 0 Å². The van der Waals surface area contributed by atoms with Crippen molar-refractivity contribution in [3.05, 3.63) is 63.6 Å². The average Bonchev–Trinajstić information content (AvgIpc) is 2.61. The Morgan fingerprint density at radius 1 is 1.29 bits per heavy atom. The highest BCUT2D eigenvalue weighted by Gasteiger charge is 2.25. The van der Waals surface area contributed by atoms with E-state index in [4.69, 9.17) is 4.74 Å². The van der Waals surface area contributed by atoms with Crippen molar-refractivity contribution >= 4 is 21.8 Å². The molecule has 1 heterocycles. The van der Waals surface area contributed by atoms with E-state index in [-0.39, 0.29) is 18.0 Å². The standard InChI is InChI=1S/C19H21BrN2O2/c1-12(13-7-8-18(24-2)16(20)9-13)22-19(23)17-10-14-5-3-4-6-15(14)11-21-17/h3-9,12,17,21H,10-11H2,1-2H3,(H,22,23). The molecular formula is C19H21BrN2O2. The van der Waals surface area contributed by atoms with Crippen LogP contribution in [0.25, 0.3) is 0 Å². The third kappa shape index (κ3) is 3.62. The third-order valence-electron chi connectivity index (χ3n) is 4.43. The molecule has 24 heavy (non-hydrogen) atoms. The summed E-state index contributed by atoms with van der Waals surface area (Å²) in [5, 5.41) is 6.42. The maximum absolute atomic E-state index is 12.6. The fraction of sp³-hybridized carbons (Fsp3) is 0.316. The Hall–Kier alpha value is -1.85. The molecule has 2 aromatic rings. The Morgan fingerprint density at radius 3 is 2.75 bits per heavy atom. The summed E-state index contributed by atoms with van der Waals surface area (Å²) < 4.78 is 6.13. The van der Waals surface area contributed by atoms with E-state index >= 15 is 0 Å². The van der Waals surface area contributed by atoms with Crippen molar-refractivity contribution in [2.45, 2.75) is 32.0 Å². The van der Waals surface area contributed by atoms with E-state index in [0.29, 0.717) is 0 Å². The highest BCUT2D eigenvalue weighted by molar-refractivity contribution is 9.10. The molecule has 126 valence electrons. The van der Waals surface area contributed by atoms with Crippen LogP contribution in [0.5, 0.6) is 5.75 Å². The molecule has 0 aliphatic carbocycles. The van der Waals surface area contributed by atoms with Gasteiger partial charge < -0.3 is 15.4 Å². The smallest absolute Gasteiger partial charge is 0.237 e. The summed E-state index contributed by atoms with van der Waals surface area (Å²) in [4.78, 5) is 12.6. The maximum atomic E-state index is 12.6. The Labute approximate surface area is 150 Å².